The van der Waals surface area contributed by atoms with Gasteiger partial charge in [-0.2, -0.15) is 10.3 Å². The standard InChI is InChI=1S/C14H15N5O4/c20-11-4-2-1-3-10(11)9-15-19-14(22)12(16-17-19)13(21)18-5-7-23-8-6-18/h1-4,9,17,20H,5-8H2. The summed E-state index contributed by atoms with van der Waals surface area (Å²) >= 11 is 0. The number of para-hydroxylation sites is 1. The summed E-state index contributed by atoms with van der Waals surface area (Å²) in [6, 6.07) is 6.54. The molecule has 2 heterocycles. The van der Waals surface area contributed by atoms with Gasteiger partial charge in [-0.3, -0.25) is 9.59 Å². The van der Waals surface area contributed by atoms with Gasteiger partial charge in [-0.1, -0.05) is 12.1 Å². The van der Waals surface area contributed by atoms with E-state index in [9.17, 15) is 14.7 Å². The number of hydrogen-bond acceptors (Lipinski definition) is 6. The molecule has 0 unspecified atom stereocenters. The van der Waals surface area contributed by atoms with Crippen LogP contribution in [0.5, 0.6) is 5.75 Å². The second-order valence-electron chi connectivity index (χ2n) is 4.89. The van der Waals surface area contributed by atoms with Crippen LogP contribution in [-0.2, 0) is 4.74 Å². The van der Waals surface area contributed by atoms with Crippen molar-refractivity contribution in [3.8, 4) is 5.75 Å². The first kappa shape index (κ1) is 15.0. The van der Waals surface area contributed by atoms with E-state index in [2.05, 4.69) is 15.4 Å². The number of nitrogens with zero attached hydrogens (tertiary/aromatic N) is 4. The minimum Gasteiger partial charge on any atom is -0.507 e. The maximum atomic E-state index is 12.2. The van der Waals surface area contributed by atoms with Gasteiger partial charge in [-0.15, -0.1) is 9.89 Å². The molecule has 3 rings (SSSR count). The molecule has 1 aromatic carbocycles. The summed E-state index contributed by atoms with van der Waals surface area (Å²) in [4.78, 5) is 26.8. The molecule has 1 aliphatic rings. The van der Waals surface area contributed by atoms with Crippen LogP contribution in [0.1, 0.15) is 16.1 Å². The van der Waals surface area contributed by atoms with Gasteiger partial charge in [0.25, 0.3) is 5.91 Å². The van der Waals surface area contributed by atoms with Gasteiger partial charge >= 0.3 is 5.56 Å². The highest BCUT2D eigenvalue weighted by atomic mass is 16.5. The van der Waals surface area contributed by atoms with Crippen LogP contribution in [0, 0.1) is 0 Å². The summed E-state index contributed by atoms with van der Waals surface area (Å²) in [6.07, 6.45) is 1.30. The van der Waals surface area contributed by atoms with Crippen molar-refractivity contribution in [1.82, 2.24) is 20.0 Å². The van der Waals surface area contributed by atoms with Crippen molar-refractivity contribution in [3.05, 3.63) is 45.9 Å². The number of benzene rings is 1. The van der Waals surface area contributed by atoms with E-state index in [0.29, 0.717) is 31.9 Å². The normalized spacial score (nSPS) is 15.2. The first-order valence-electron chi connectivity index (χ1n) is 7.03. The number of nitrogens with one attached hydrogen (secondary N) is 1. The number of amides is 1. The van der Waals surface area contributed by atoms with E-state index in [0.717, 1.165) is 4.79 Å². The average Bonchev–Trinajstić information content (AvgIpc) is 2.95. The number of carbonyl (C=O) groups is 1. The number of phenols is 1. The van der Waals surface area contributed by atoms with Gasteiger partial charge in [0.15, 0.2) is 0 Å². The largest absolute Gasteiger partial charge is 0.507 e. The fraction of sp³-hybridized carbons (Fsp3) is 0.286. The third-order valence-corrected chi connectivity index (χ3v) is 3.40. The summed E-state index contributed by atoms with van der Waals surface area (Å²) < 4.78 is 5.17. The Labute approximate surface area is 130 Å². The Morgan fingerprint density at radius 2 is 2.09 bits per heavy atom. The summed E-state index contributed by atoms with van der Waals surface area (Å²) in [5.41, 5.74) is -0.426. The second-order valence-corrected chi connectivity index (χ2v) is 4.89. The third kappa shape index (κ3) is 3.14. The Kier molecular flexibility index (Phi) is 4.20. The van der Waals surface area contributed by atoms with Gasteiger partial charge in [-0.25, -0.2) is 0 Å². The number of H-pyrrole nitrogens is 1. The summed E-state index contributed by atoms with van der Waals surface area (Å²) in [6.45, 7) is 1.73. The van der Waals surface area contributed by atoms with Gasteiger partial charge in [0.2, 0.25) is 5.69 Å². The highest BCUT2D eigenvalue weighted by Crippen LogP contribution is 2.12. The smallest absolute Gasteiger partial charge is 0.320 e. The number of phenolic OH excluding ortho intramolecular Hbond substituents is 1. The van der Waals surface area contributed by atoms with E-state index in [-0.39, 0.29) is 11.4 Å². The molecule has 2 aromatic rings. The number of carbonyl (C=O) groups excluding carboxylic acids is 1. The predicted octanol–water partition coefficient (Wildman–Crippen LogP) is -0.368. The Balaban J connectivity index is 1.81. The molecule has 1 saturated heterocycles. The van der Waals surface area contributed by atoms with Crippen LogP contribution >= 0.6 is 0 Å². The SMILES string of the molecule is O=C(c1n[nH]n(N=Cc2ccccc2O)c1=O)N1CCOCC1. The molecule has 120 valence electrons. The van der Waals surface area contributed by atoms with E-state index >= 15 is 0 Å². The molecular formula is C14H15N5O4. The number of aromatic amines is 1. The zero-order chi connectivity index (χ0) is 16.2. The molecule has 0 atom stereocenters. The van der Waals surface area contributed by atoms with Crippen LogP contribution in [0.15, 0.2) is 34.2 Å². The zero-order valence-electron chi connectivity index (χ0n) is 12.2. The highest BCUT2D eigenvalue weighted by molar-refractivity contribution is 5.92. The summed E-state index contributed by atoms with van der Waals surface area (Å²) in [5, 5.41) is 19.7. The molecule has 1 aliphatic heterocycles. The van der Waals surface area contributed by atoms with Crippen LogP contribution in [0.2, 0.25) is 0 Å². The molecule has 2 N–H and O–H groups in total. The first-order chi connectivity index (χ1) is 11.2. The minimum atomic E-state index is -0.645. The van der Waals surface area contributed by atoms with E-state index in [4.69, 9.17) is 4.74 Å². The summed E-state index contributed by atoms with van der Waals surface area (Å²) in [7, 11) is 0. The summed E-state index contributed by atoms with van der Waals surface area (Å²) in [5.74, 6) is -0.417. The molecule has 23 heavy (non-hydrogen) atoms. The highest BCUT2D eigenvalue weighted by Gasteiger charge is 2.24. The van der Waals surface area contributed by atoms with Crippen LogP contribution in [-0.4, -0.2) is 63.5 Å². The quantitative estimate of drug-likeness (QED) is 0.750. The fourth-order valence-electron chi connectivity index (χ4n) is 2.14. The lowest BCUT2D eigenvalue weighted by molar-refractivity contribution is 0.0298. The van der Waals surface area contributed by atoms with Gasteiger partial charge < -0.3 is 14.7 Å². The Bertz CT molecular complexity index is 788. The molecule has 1 amide bonds. The van der Waals surface area contributed by atoms with E-state index in [1.165, 1.54) is 17.2 Å². The topological polar surface area (TPSA) is 113 Å². The average molecular weight is 317 g/mol. The number of aromatic nitrogens is 3. The number of rotatable bonds is 3. The number of hydrogen-bond donors (Lipinski definition) is 2. The molecule has 0 saturated carbocycles. The zero-order valence-corrected chi connectivity index (χ0v) is 12.2. The maximum absolute atomic E-state index is 12.2. The van der Waals surface area contributed by atoms with Crippen LogP contribution in [0.25, 0.3) is 0 Å². The van der Waals surface area contributed by atoms with Crippen LogP contribution < -0.4 is 5.56 Å². The van der Waals surface area contributed by atoms with Gasteiger partial charge in [0.1, 0.15) is 5.75 Å². The van der Waals surface area contributed by atoms with Gasteiger partial charge in [-0.05, 0) is 12.1 Å². The van der Waals surface area contributed by atoms with Crippen molar-refractivity contribution >= 4 is 12.1 Å². The lowest BCUT2D eigenvalue weighted by atomic mass is 10.2. The lowest BCUT2D eigenvalue weighted by Gasteiger charge is -2.25. The monoisotopic (exact) mass is 317 g/mol. The van der Waals surface area contributed by atoms with Gasteiger partial charge in [0.05, 0.1) is 19.4 Å². The van der Waals surface area contributed by atoms with Crippen molar-refractivity contribution < 1.29 is 14.6 Å². The van der Waals surface area contributed by atoms with Crippen molar-refractivity contribution in [1.29, 1.82) is 0 Å². The van der Waals surface area contributed by atoms with E-state index in [1.807, 2.05) is 0 Å². The maximum Gasteiger partial charge on any atom is 0.320 e. The number of ether oxygens (including phenoxy) is 1. The molecule has 0 aliphatic carbocycles. The molecule has 1 aromatic heterocycles. The van der Waals surface area contributed by atoms with E-state index < -0.39 is 11.5 Å². The Hall–Kier alpha value is -2.94. The second kappa shape index (κ2) is 6.44. The third-order valence-electron chi connectivity index (χ3n) is 3.40. The predicted molar refractivity (Wildman–Crippen MR) is 80.7 cm³/mol. The van der Waals surface area contributed by atoms with Crippen molar-refractivity contribution in [2.24, 2.45) is 5.10 Å². The minimum absolute atomic E-state index is 0.0356. The van der Waals surface area contributed by atoms with E-state index in [1.54, 1.807) is 18.2 Å². The van der Waals surface area contributed by atoms with Crippen molar-refractivity contribution in [2.45, 2.75) is 0 Å². The molecule has 0 radical (unpaired) electrons. The van der Waals surface area contributed by atoms with Crippen molar-refractivity contribution in [2.75, 3.05) is 26.3 Å². The molecule has 0 bridgehead atoms. The van der Waals surface area contributed by atoms with Crippen LogP contribution in [0.3, 0.4) is 0 Å². The molecule has 0 spiro atoms. The Morgan fingerprint density at radius 3 is 2.83 bits per heavy atom. The van der Waals surface area contributed by atoms with Crippen LogP contribution in [0.4, 0.5) is 0 Å². The fourth-order valence-corrected chi connectivity index (χ4v) is 2.14. The number of aromatic hydroxyl groups is 1. The molecule has 9 heteroatoms. The molecule has 1 fully saturated rings. The van der Waals surface area contributed by atoms with Crippen molar-refractivity contribution in [3.63, 3.8) is 0 Å². The first-order valence-corrected chi connectivity index (χ1v) is 7.03. The Morgan fingerprint density at radius 1 is 1.35 bits per heavy atom. The molecular weight excluding hydrogens is 302 g/mol. The molecule has 9 nitrogen and oxygen atoms in total. The number of morpholine rings is 1. The van der Waals surface area contributed by atoms with Gasteiger partial charge in [0, 0.05) is 18.7 Å². The lowest BCUT2D eigenvalue weighted by Crippen LogP contribution is -2.42.